The van der Waals surface area contributed by atoms with Crippen LogP contribution in [0.25, 0.3) is 0 Å². The van der Waals surface area contributed by atoms with Crippen LogP contribution >= 0.6 is 0 Å². The van der Waals surface area contributed by atoms with Gasteiger partial charge in [0.25, 0.3) is 0 Å². The Morgan fingerprint density at radius 2 is 0.797 bits per heavy atom. The monoisotopic (exact) mass is 1100 g/mol. The average Bonchev–Trinajstić information content (AvgIpc) is 3.47. The topological polar surface area (TPSA) is 175 Å². The molecule has 0 aromatic rings. The highest BCUT2D eigenvalue weighted by Gasteiger charge is 2.50. The first-order valence-electron chi connectivity index (χ1n) is 30.2. The van der Waals surface area contributed by atoms with E-state index in [-0.39, 0.29) is 25.9 Å². The first-order valence-corrected chi connectivity index (χ1v) is 30.2. The Labute approximate surface area is 477 Å². The van der Waals surface area contributed by atoms with Crippen molar-refractivity contribution in [1.82, 2.24) is 0 Å². The molecule has 0 aliphatic carbocycles. The van der Waals surface area contributed by atoms with Crippen molar-refractivity contribution in [2.24, 2.45) is 0 Å². The first-order chi connectivity index (χ1) is 38.6. The van der Waals surface area contributed by atoms with Gasteiger partial charge in [-0.15, -0.1) is 0 Å². The van der Waals surface area contributed by atoms with Crippen molar-refractivity contribution in [1.29, 1.82) is 0 Å². The predicted octanol–water partition coefficient (Wildman–Crippen LogP) is 15.8. The van der Waals surface area contributed by atoms with Gasteiger partial charge in [-0.3, -0.25) is 14.4 Å². The van der Waals surface area contributed by atoms with E-state index in [1.807, 2.05) is 0 Å². The van der Waals surface area contributed by atoms with Gasteiger partial charge >= 0.3 is 23.9 Å². The summed E-state index contributed by atoms with van der Waals surface area (Å²) in [4.78, 5) is 51.1. The molecule has 0 spiro atoms. The predicted molar refractivity (Wildman–Crippen MR) is 321 cm³/mol. The Hall–Kier alpha value is -5.14. The number of allylic oxidation sites excluding steroid dienone is 22. The molecular formula is C67H104O12. The molecule has 6 unspecified atom stereocenters. The maximum absolute atomic E-state index is 13.2. The molecule has 1 aliphatic rings. The summed E-state index contributed by atoms with van der Waals surface area (Å²) in [6, 6.07) is 0. The second-order valence-electron chi connectivity index (χ2n) is 19.9. The molecule has 0 radical (unpaired) electrons. The van der Waals surface area contributed by atoms with Crippen LogP contribution in [0.2, 0.25) is 0 Å². The lowest BCUT2D eigenvalue weighted by atomic mass is 9.98. The summed E-state index contributed by atoms with van der Waals surface area (Å²) in [7, 11) is 0. The minimum Gasteiger partial charge on any atom is -0.479 e. The minimum absolute atomic E-state index is 0.0349. The third-order valence-corrected chi connectivity index (χ3v) is 12.7. The van der Waals surface area contributed by atoms with Gasteiger partial charge in [0.1, 0.15) is 18.8 Å². The largest absolute Gasteiger partial charge is 0.479 e. The van der Waals surface area contributed by atoms with Crippen LogP contribution in [0.1, 0.15) is 213 Å². The smallest absolute Gasteiger partial charge is 0.335 e. The third kappa shape index (κ3) is 43.4. The second-order valence-corrected chi connectivity index (χ2v) is 19.9. The van der Waals surface area contributed by atoms with Gasteiger partial charge in [-0.2, -0.15) is 0 Å². The maximum Gasteiger partial charge on any atom is 0.335 e. The van der Waals surface area contributed by atoms with Crippen molar-refractivity contribution in [3.8, 4) is 0 Å². The summed E-state index contributed by atoms with van der Waals surface area (Å²) in [5.74, 6) is -3.24. The summed E-state index contributed by atoms with van der Waals surface area (Å²) in [5, 5.41) is 31.5. The van der Waals surface area contributed by atoms with E-state index in [1.165, 1.54) is 12.8 Å². The summed E-state index contributed by atoms with van der Waals surface area (Å²) in [6.07, 6.45) is 62.8. The van der Waals surface area contributed by atoms with Crippen LogP contribution in [0.15, 0.2) is 134 Å². The molecule has 0 saturated carbocycles. The molecule has 1 fully saturated rings. The van der Waals surface area contributed by atoms with Gasteiger partial charge in [0, 0.05) is 19.3 Å². The fourth-order valence-electron chi connectivity index (χ4n) is 8.11. The molecular weight excluding hydrogens is 997 g/mol. The number of ether oxygens (including phenoxy) is 5. The van der Waals surface area contributed by atoms with Gasteiger partial charge < -0.3 is 39.0 Å². The lowest BCUT2D eigenvalue weighted by Crippen LogP contribution is -2.61. The molecule has 6 atom stereocenters. The van der Waals surface area contributed by atoms with E-state index in [2.05, 4.69) is 154 Å². The van der Waals surface area contributed by atoms with Gasteiger partial charge in [-0.1, -0.05) is 199 Å². The minimum atomic E-state index is -1.92. The molecule has 12 heteroatoms. The third-order valence-electron chi connectivity index (χ3n) is 12.7. The van der Waals surface area contributed by atoms with Crippen LogP contribution in [-0.4, -0.2) is 89.2 Å². The fourth-order valence-corrected chi connectivity index (χ4v) is 8.11. The van der Waals surface area contributed by atoms with Crippen LogP contribution in [0.3, 0.4) is 0 Å². The summed E-state index contributed by atoms with van der Waals surface area (Å²) in [5.41, 5.74) is 0. The normalized spacial score (nSPS) is 18.8. The van der Waals surface area contributed by atoms with Crippen LogP contribution in [0.5, 0.6) is 0 Å². The Morgan fingerprint density at radius 3 is 1.24 bits per heavy atom. The van der Waals surface area contributed by atoms with E-state index >= 15 is 0 Å². The number of hydrogen-bond donors (Lipinski definition) is 3. The van der Waals surface area contributed by atoms with E-state index in [0.29, 0.717) is 19.3 Å². The molecule has 1 heterocycles. The zero-order valence-electron chi connectivity index (χ0n) is 48.8. The summed E-state index contributed by atoms with van der Waals surface area (Å²) in [6.45, 7) is 5.65. The number of carboxylic acid groups (broad SMARTS) is 1. The number of aliphatic hydroxyl groups excluding tert-OH is 2. The number of carbonyl (C=O) groups is 4. The molecule has 1 aliphatic heterocycles. The van der Waals surface area contributed by atoms with Crippen LogP contribution in [0.4, 0.5) is 0 Å². The molecule has 79 heavy (non-hydrogen) atoms. The zero-order chi connectivity index (χ0) is 57.5. The number of esters is 3. The number of carboxylic acids is 1. The van der Waals surface area contributed by atoms with Gasteiger partial charge in [0.2, 0.25) is 0 Å². The Kier molecular flexibility index (Phi) is 48.7. The highest BCUT2D eigenvalue weighted by Crippen LogP contribution is 2.26. The number of rotatable bonds is 49. The van der Waals surface area contributed by atoms with E-state index in [1.54, 1.807) is 0 Å². The molecule has 12 nitrogen and oxygen atoms in total. The van der Waals surface area contributed by atoms with Gasteiger partial charge in [-0.05, 0) is 128 Å². The maximum atomic E-state index is 13.2. The lowest BCUT2D eigenvalue weighted by Gasteiger charge is -2.40. The highest BCUT2D eigenvalue weighted by molar-refractivity contribution is 5.74. The van der Waals surface area contributed by atoms with E-state index < -0.39 is 67.3 Å². The Balaban J connectivity index is 2.74. The van der Waals surface area contributed by atoms with E-state index in [0.717, 1.165) is 141 Å². The lowest BCUT2D eigenvalue weighted by molar-refractivity contribution is -0.301. The Bertz CT molecular complexity index is 1880. The SMILES string of the molecule is CC/C=C\C/C=C\C/C=C\C/C=C\C/C=C\CCCCCC(=O)OCC(COC1OC(C(=O)O)C(O)C(O)C1OC(=O)CCCCCCC/C=C\CCCC)OC(=O)CCCCC/C=C\C/C=C\C/C=C\C/C=C\C/C=C\CC. The first kappa shape index (κ1) is 71.9. The average molecular weight is 1100 g/mol. The number of unbranched alkanes of at least 4 members (excludes halogenated alkanes) is 13. The summed E-state index contributed by atoms with van der Waals surface area (Å²) < 4.78 is 28.4. The molecule has 0 bridgehead atoms. The molecule has 3 N–H and O–H groups in total. The molecule has 444 valence electrons. The number of aliphatic hydroxyl groups is 2. The van der Waals surface area contributed by atoms with Crippen LogP contribution in [-0.2, 0) is 42.9 Å². The van der Waals surface area contributed by atoms with Gasteiger partial charge in [-0.25, -0.2) is 4.79 Å². The van der Waals surface area contributed by atoms with E-state index in [4.69, 9.17) is 23.7 Å². The molecule has 0 amide bonds. The Morgan fingerprint density at radius 1 is 0.430 bits per heavy atom. The number of carbonyl (C=O) groups excluding carboxylic acids is 3. The van der Waals surface area contributed by atoms with Crippen molar-refractivity contribution < 1.29 is 58.2 Å². The standard InChI is InChI=1S/C67H104O12/c1-4-7-10-13-16-19-22-24-26-28-30-32-34-36-39-41-44-47-50-53-59(68)75-56-58(77-60(69)54-51-48-45-43-40-37-35-33-31-29-27-25-23-20-17-14-11-8-5-2)57-76-67-65(63(72)62(71)64(79-67)66(73)74)78-61(70)55-52-49-46-42-38-21-18-15-12-9-6-3/h7-8,10-11,15-20,24-27,30-33,36-37,39-40,58,62-65,67,71-72H,4-6,9,12-14,21-23,28-29,34-35,38,41-57H2,1-3H3,(H,73,74)/b10-7-,11-8-,18-15-,19-16-,20-17-,26-24-,27-25-,32-30-,33-31-,39-36-,40-37-. The fraction of sp³-hybridized carbons (Fsp3) is 0.612. The van der Waals surface area contributed by atoms with Crippen molar-refractivity contribution in [2.45, 2.75) is 250 Å². The van der Waals surface area contributed by atoms with E-state index in [9.17, 15) is 34.5 Å². The molecule has 0 aromatic carbocycles. The molecule has 1 saturated heterocycles. The molecule has 0 aromatic heterocycles. The quantitative estimate of drug-likeness (QED) is 0.0228. The second kappa shape index (κ2) is 53.5. The van der Waals surface area contributed by atoms with Crippen LogP contribution < -0.4 is 0 Å². The van der Waals surface area contributed by atoms with Gasteiger partial charge in [0.15, 0.2) is 24.6 Å². The van der Waals surface area contributed by atoms with Gasteiger partial charge in [0.05, 0.1) is 6.61 Å². The highest BCUT2D eigenvalue weighted by atomic mass is 16.7. The summed E-state index contributed by atoms with van der Waals surface area (Å²) >= 11 is 0. The number of aliphatic carboxylic acids is 1. The van der Waals surface area contributed by atoms with Crippen LogP contribution in [0, 0.1) is 0 Å². The molecule has 1 rings (SSSR count). The number of hydrogen-bond acceptors (Lipinski definition) is 11. The van der Waals surface area contributed by atoms with Crippen molar-refractivity contribution in [3.05, 3.63) is 134 Å². The van der Waals surface area contributed by atoms with Crippen molar-refractivity contribution in [3.63, 3.8) is 0 Å². The zero-order valence-corrected chi connectivity index (χ0v) is 48.8. The van der Waals surface area contributed by atoms with Crippen molar-refractivity contribution in [2.75, 3.05) is 13.2 Å². The van der Waals surface area contributed by atoms with Crippen molar-refractivity contribution >= 4 is 23.9 Å².